The second-order valence-corrected chi connectivity index (χ2v) is 8.49. The lowest BCUT2D eigenvalue weighted by Gasteiger charge is -2.20. The number of hydrogen-bond donors (Lipinski definition) is 2. The van der Waals surface area contributed by atoms with E-state index in [0.717, 1.165) is 40.3 Å². The van der Waals surface area contributed by atoms with Gasteiger partial charge in [0.05, 0.1) is 32.5 Å². The maximum atomic E-state index is 5.51. The third-order valence-corrected chi connectivity index (χ3v) is 5.13. The third-order valence-electron chi connectivity index (χ3n) is 4.29. The van der Waals surface area contributed by atoms with Gasteiger partial charge in [-0.2, -0.15) is 0 Å². The molecule has 29 heavy (non-hydrogen) atoms. The van der Waals surface area contributed by atoms with Gasteiger partial charge in [0.1, 0.15) is 16.5 Å². The zero-order valence-corrected chi connectivity index (χ0v) is 21.5. The molecule has 1 heterocycles. The second-order valence-electron chi connectivity index (χ2n) is 7.55. The normalized spacial score (nSPS) is 12.7. The summed E-state index contributed by atoms with van der Waals surface area (Å²) in [5.41, 5.74) is 2.17. The SMILES string of the molecule is CCNC(=NCc1nc(C(C)(C)C)cs1)NC(C)c1cc(OC)ccc1OC.I. The summed E-state index contributed by atoms with van der Waals surface area (Å²) in [6, 6.07) is 5.78. The molecule has 8 heteroatoms. The van der Waals surface area contributed by atoms with Crippen molar-refractivity contribution in [2.45, 2.75) is 52.6 Å². The van der Waals surface area contributed by atoms with Crippen molar-refractivity contribution in [3.8, 4) is 11.5 Å². The highest BCUT2D eigenvalue weighted by Gasteiger charge is 2.18. The molecule has 162 valence electrons. The first-order chi connectivity index (χ1) is 13.3. The molecule has 0 radical (unpaired) electrons. The van der Waals surface area contributed by atoms with Crippen LogP contribution in [-0.2, 0) is 12.0 Å². The molecule has 1 atom stereocenters. The smallest absolute Gasteiger partial charge is 0.192 e. The largest absolute Gasteiger partial charge is 0.497 e. The van der Waals surface area contributed by atoms with Crippen LogP contribution in [0.25, 0.3) is 0 Å². The predicted molar refractivity (Wildman–Crippen MR) is 132 cm³/mol. The molecule has 1 aromatic carbocycles. The van der Waals surface area contributed by atoms with Gasteiger partial charge in [-0.1, -0.05) is 20.8 Å². The van der Waals surface area contributed by atoms with Gasteiger partial charge in [0, 0.05) is 22.9 Å². The lowest BCUT2D eigenvalue weighted by atomic mass is 9.93. The van der Waals surface area contributed by atoms with Crippen LogP contribution in [-0.4, -0.2) is 31.7 Å². The highest BCUT2D eigenvalue weighted by atomic mass is 127. The molecule has 2 aromatic rings. The van der Waals surface area contributed by atoms with Crippen molar-refractivity contribution in [1.29, 1.82) is 0 Å². The van der Waals surface area contributed by atoms with Crippen LogP contribution in [0, 0.1) is 0 Å². The highest BCUT2D eigenvalue weighted by Crippen LogP contribution is 2.29. The first-order valence-electron chi connectivity index (χ1n) is 9.50. The molecule has 0 bridgehead atoms. The fraction of sp³-hybridized carbons (Fsp3) is 0.524. The van der Waals surface area contributed by atoms with Gasteiger partial charge in [0.25, 0.3) is 0 Å². The number of thiazole rings is 1. The van der Waals surface area contributed by atoms with Gasteiger partial charge in [-0.15, -0.1) is 35.3 Å². The number of nitrogens with zero attached hydrogens (tertiary/aromatic N) is 2. The van der Waals surface area contributed by atoms with Gasteiger partial charge in [0.15, 0.2) is 5.96 Å². The second kappa shape index (κ2) is 11.6. The Hall–Kier alpha value is -1.55. The van der Waals surface area contributed by atoms with Gasteiger partial charge in [-0.3, -0.25) is 0 Å². The number of halogens is 1. The monoisotopic (exact) mass is 532 g/mol. The van der Waals surface area contributed by atoms with Crippen LogP contribution in [0.1, 0.15) is 56.9 Å². The summed E-state index contributed by atoms with van der Waals surface area (Å²) in [6.07, 6.45) is 0. The fourth-order valence-corrected chi connectivity index (χ4v) is 3.60. The molecule has 0 saturated carbocycles. The van der Waals surface area contributed by atoms with E-state index in [-0.39, 0.29) is 35.4 Å². The first-order valence-corrected chi connectivity index (χ1v) is 10.4. The molecule has 1 unspecified atom stereocenters. The molecule has 2 N–H and O–H groups in total. The van der Waals surface area contributed by atoms with Gasteiger partial charge in [-0.25, -0.2) is 9.98 Å². The van der Waals surface area contributed by atoms with Crippen molar-refractivity contribution in [3.63, 3.8) is 0 Å². The average Bonchev–Trinajstić information content (AvgIpc) is 3.15. The van der Waals surface area contributed by atoms with Gasteiger partial charge < -0.3 is 20.1 Å². The van der Waals surface area contributed by atoms with Crippen LogP contribution in [0.15, 0.2) is 28.6 Å². The van der Waals surface area contributed by atoms with Crippen molar-refractivity contribution < 1.29 is 9.47 Å². The van der Waals surface area contributed by atoms with Crippen molar-refractivity contribution in [2.24, 2.45) is 4.99 Å². The number of aliphatic imine (C=N–C) groups is 1. The molecule has 0 aliphatic heterocycles. The minimum Gasteiger partial charge on any atom is -0.497 e. The molecule has 2 rings (SSSR count). The van der Waals surface area contributed by atoms with Crippen molar-refractivity contribution >= 4 is 41.3 Å². The molecular weight excluding hydrogens is 499 g/mol. The number of benzene rings is 1. The zero-order chi connectivity index (χ0) is 20.7. The first kappa shape index (κ1) is 25.5. The van der Waals surface area contributed by atoms with Crippen LogP contribution in [0.5, 0.6) is 11.5 Å². The minimum absolute atomic E-state index is 0. The van der Waals surface area contributed by atoms with Gasteiger partial charge in [0.2, 0.25) is 0 Å². The van der Waals surface area contributed by atoms with E-state index >= 15 is 0 Å². The van der Waals surface area contributed by atoms with Crippen LogP contribution < -0.4 is 20.1 Å². The molecular formula is C21H33IN4O2S. The van der Waals surface area contributed by atoms with E-state index in [1.165, 1.54) is 0 Å². The topological polar surface area (TPSA) is 67.8 Å². The minimum atomic E-state index is -0.00992. The van der Waals surface area contributed by atoms with E-state index < -0.39 is 0 Å². The van der Waals surface area contributed by atoms with Crippen LogP contribution >= 0.6 is 35.3 Å². The fourth-order valence-electron chi connectivity index (χ4n) is 2.66. The van der Waals surface area contributed by atoms with E-state index in [1.807, 2.05) is 18.2 Å². The molecule has 0 aliphatic carbocycles. The number of hydrogen-bond acceptors (Lipinski definition) is 5. The summed E-state index contributed by atoms with van der Waals surface area (Å²) in [5, 5.41) is 9.88. The Bertz CT molecular complexity index is 802. The molecule has 6 nitrogen and oxygen atoms in total. The third kappa shape index (κ3) is 7.33. The summed E-state index contributed by atoms with van der Waals surface area (Å²) < 4.78 is 10.9. The van der Waals surface area contributed by atoms with Crippen LogP contribution in [0.4, 0.5) is 0 Å². The van der Waals surface area contributed by atoms with Crippen LogP contribution in [0.2, 0.25) is 0 Å². The zero-order valence-electron chi connectivity index (χ0n) is 18.3. The molecule has 0 amide bonds. The quantitative estimate of drug-likeness (QED) is 0.302. The Kier molecular flexibility index (Phi) is 10.2. The Labute approximate surface area is 195 Å². The number of nitrogens with one attached hydrogen (secondary N) is 2. The van der Waals surface area contributed by atoms with E-state index in [4.69, 9.17) is 19.5 Å². The predicted octanol–water partition coefficient (Wildman–Crippen LogP) is 4.89. The van der Waals surface area contributed by atoms with E-state index in [0.29, 0.717) is 6.54 Å². The summed E-state index contributed by atoms with van der Waals surface area (Å²) in [6.45, 7) is 12.0. The van der Waals surface area contributed by atoms with Crippen LogP contribution in [0.3, 0.4) is 0 Å². The van der Waals surface area contributed by atoms with E-state index in [9.17, 15) is 0 Å². The molecule has 1 aromatic heterocycles. The van der Waals surface area contributed by atoms with Crippen molar-refractivity contribution in [2.75, 3.05) is 20.8 Å². The maximum Gasteiger partial charge on any atom is 0.192 e. The Balaban J connectivity index is 0.00000420. The molecule has 0 aliphatic rings. The van der Waals surface area contributed by atoms with Crippen molar-refractivity contribution in [1.82, 2.24) is 15.6 Å². The number of aromatic nitrogens is 1. The summed E-state index contributed by atoms with van der Waals surface area (Å²) >= 11 is 1.65. The van der Waals surface area contributed by atoms with E-state index in [1.54, 1.807) is 25.6 Å². The van der Waals surface area contributed by atoms with Gasteiger partial charge in [-0.05, 0) is 32.0 Å². The lowest BCUT2D eigenvalue weighted by Crippen LogP contribution is -2.38. The molecule has 0 fully saturated rings. The Morgan fingerprint density at radius 1 is 1.24 bits per heavy atom. The number of ether oxygens (including phenoxy) is 2. The summed E-state index contributed by atoms with van der Waals surface area (Å²) in [7, 11) is 3.33. The highest BCUT2D eigenvalue weighted by molar-refractivity contribution is 14.0. The number of rotatable bonds is 7. The number of methoxy groups -OCH3 is 2. The van der Waals surface area contributed by atoms with Gasteiger partial charge >= 0.3 is 0 Å². The van der Waals surface area contributed by atoms with Crippen molar-refractivity contribution in [3.05, 3.63) is 39.8 Å². The average molecular weight is 532 g/mol. The Morgan fingerprint density at radius 2 is 1.97 bits per heavy atom. The molecule has 0 saturated heterocycles. The maximum absolute atomic E-state index is 5.51. The standard InChI is InChI=1S/C21H32N4O2S.HI/c1-8-22-20(23-12-19-25-18(13-28-19)21(3,4)5)24-14(2)16-11-15(26-6)9-10-17(16)27-7;/h9-11,13-14H,8,12H2,1-7H3,(H2,22,23,24);1H. The van der Waals surface area contributed by atoms with E-state index in [2.05, 4.69) is 50.6 Å². The molecule has 0 spiro atoms. The number of guanidine groups is 1. The summed E-state index contributed by atoms with van der Waals surface area (Å²) in [5.74, 6) is 2.35. The lowest BCUT2D eigenvalue weighted by molar-refractivity contribution is 0.394. The summed E-state index contributed by atoms with van der Waals surface area (Å²) in [4.78, 5) is 9.43. The Morgan fingerprint density at radius 3 is 2.52 bits per heavy atom.